The number of hydrogen-bond donors (Lipinski definition) is 1. The molecule has 2 aromatic rings. The first-order chi connectivity index (χ1) is 9.39. The lowest BCUT2D eigenvalue weighted by Crippen LogP contribution is -2.37. The van der Waals surface area contributed by atoms with E-state index >= 15 is 0 Å². The summed E-state index contributed by atoms with van der Waals surface area (Å²) < 4.78 is 2.21. The fourth-order valence-corrected chi connectivity index (χ4v) is 2.11. The van der Waals surface area contributed by atoms with E-state index in [1.807, 2.05) is 19.2 Å². The summed E-state index contributed by atoms with van der Waals surface area (Å²) in [5.74, 6) is 1.02. The van der Waals surface area contributed by atoms with Crippen molar-refractivity contribution in [3.8, 4) is 5.69 Å². The van der Waals surface area contributed by atoms with Crippen molar-refractivity contribution in [2.75, 3.05) is 0 Å². The molecule has 1 atom stereocenters. The molecule has 0 aliphatic heterocycles. The average Bonchev–Trinajstić information content (AvgIpc) is 2.77. The van der Waals surface area contributed by atoms with Gasteiger partial charge < -0.3 is 5.32 Å². The SMILES string of the molecule is Cc1ncc(CNC(C)C(C)(C)C)n1-c1ccccc1. The Labute approximate surface area is 122 Å². The Balaban J connectivity index is 2.19. The van der Waals surface area contributed by atoms with E-state index in [1.165, 1.54) is 11.4 Å². The van der Waals surface area contributed by atoms with E-state index in [2.05, 4.69) is 66.8 Å². The Hall–Kier alpha value is -1.61. The minimum Gasteiger partial charge on any atom is -0.308 e. The van der Waals surface area contributed by atoms with Crippen LogP contribution in [0.15, 0.2) is 36.5 Å². The van der Waals surface area contributed by atoms with Crippen molar-refractivity contribution in [2.24, 2.45) is 5.41 Å². The van der Waals surface area contributed by atoms with Gasteiger partial charge in [-0.1, -0.05) is 39.0 Å². The predicted octanol–water partition coefficient (Wildman–Crippen LogP) is 3.70. The number of aryl methyl sites for hydroxylation is 1. The fraction of sp³-hybridized carbons (Fsp3) is 0.471. The number of rotatable bonds is 4. The van der Waals surface area contributed by atoms with Gasteiger partial charge in [-0.05, 0) is 31.4 Å². The van der Waals surface area contributed by atoms with E-state index < -0.39 is 0 Å². The molecule has 1 heterocycles. The highest BCUT2D eigenvalue weighted by Gasteiger charge is 2.20. The third-order valence-corrected chi connectivity index (χ3v) is 3.91. The Kier molecular flexibility index (Phi) is 4.29. The quantitative estimate of drug-likeness (QED) is 0.918. The second-order valence-electron chi connectivity index (χ2n) is 6.44. The molecule has 0 radical (unpaired) electrons. The minimum absolute atomic E-state index is 0.257. The first kappa shape index (κ1) is 14.8. The molecule has 0 spiro atoms. The normalized spacial score (nSPS) is 13.4. The summed E-state index contributed by atoms with van der Waals surface area (Å²) >= 11 is 0. The molecular formula is C17H25N3. The van der Waals surface area contributed by atoms with Crippen LogP contribution in [-0.4, -0.2) is 15.6 Å². The van der Waals surface area contributed by atoms with Gasteiger partial charge in [0.1, 0.15) is 5.82 Å². The van der Waals surface area contributed by atoms with Crippen LogP contribution in [0.3, 0.4) is 0 Å². The van der Waals surface area contributed by atoms with Crippen molar-refractivity contribution < 1.29 is 0 Å². The van der Waals surface area contributed by atoms with E-state index in [-0.39, 0.29) is 5.41 Å². The molecule has 2 rings (SSSR count). The van der Waals surface area contributed by atoms with E-state index in [0.717, 1.165) is 12.4 Å². The van der Waals surface area contributed by atoms with Crippen LogP contribution >= 0.6 is 0 Å². The first-order valence-electron chi connectivity index (χ1n) is 7.21. The second-order valence-corrected chi connectivity index (χ2v) is 6.44. The molecule has 1 N–H and O–H groups in total. The fourth-order valence-electron chi connectivity index (χ4n) is 2.11. The maximum atomic E-state index is 4.46. The predicted molar refractivity (Wildman–Crippen MR) is 84.1 cm³/mol. The number of aromatic nitrogens is 2. The lowest BCUT2D eigenvalue weighted by Gasteiger charge is -2.28. The highest BCUT2D eigenvalue weighted by atomic mass is 15.1. The van der Waals surface area contributed by atoms with E-state index in [1.54, 1.807) is 0 Å². The summed E-state index contributed by atoms with van der Waals surface area (Å²) in [6, 6.07) is 10.8. The zero-order valence-electron chi connectivity index (χ0n) is 13.1. The molecule has 0 bridgehead atoms. The zero-order chi connectivity index (χ0) is 14.8. The van der Waals surface area contributed by atoms with Gasteiger partial charge in [-0.15, -0.1) is 0 Å². The maximum absolute atomic E-state index is 4.46. The summed E-state index contributed by atoms with van der Waals surface area (Å²) in [6.07, 6.45) is 1.96. The van der Waals surface area contributed by atoms with Crippen LogP contribution in [0.5, 0.6) is 0 Å². The van der Waals surface area contributed by atoms with Gasteiger partial charge in [-0.3, -0.25) is 4.57 Å². The molecule has 3 nitrogen and oxygen atoms in total. The lowest BCUT2D eigenvalue weighted by molar-refractivity contribution is 0.284. The topological polar surface area (TPSA) is 29.9 Å². The third-order valence-electron chi connectivity index (χ3n) is 3.91. The molecular weight excluding hydrogens is 246 g/mol. The molecule has 1 aromatic carbocycles. The lowest BCUT2D eigenvalue weighted by atomic mass is 9.88. The molecule has 0 saturated heterocycles. The average molecular weight is 271 g/mol. The molecule has 0 aliphatic rings. The molecule has 1 unspecified atom stereocenters. The molecule has 0 aliphatic carbocycles. The Bertz CT molecular complexity index is 549. The standard InChI is InChI=1S/C17H25N3/c1-13(17(3,4)5)18-11-16-12-19-14(2)20(16)15-9-7-6-8-10-15/h6-10,12-13,18H,11H2,1-5H3. The minimum atomic E-state index is 0.257. The summed E-state index contributed by atoms with van der Waals surface area (Å²) in [6.45, 7) is 11.9. The molecule has 108 valence electrons. The third kappa shape index (κ3) is 3.28. The molecule has 20 heavy (non-hydrogen) atoms. The Morgan fingerprint density at radius 1 is 1.20 bits per heavy atom. The maximum Gasteiger partial charge on any atom is 0.110 e. The van der Waals surface area contributed by atoms with E-state index in [0.29, 0.717) is 6.04 Å². The number of hydrogen-bond acceptors (Lipinski definition) is 2. The number of nitrogens with one attached hydrogen (secondary N) is 1. The highest BCUT2D eigenvalue weighted by molar-refractivity contribution is 5.35. The summed E-state index contributed by atoms with van der Waals surface area (Å²) in [5, 5.41) is 3.60. The molecule has 0 fully saturated rings. The van der Waals surface area contributed by atoms with Crippen molar-refractivity contribution in [1.29, 1.82) is 0 Å². The molecule has 0 saturated carbocycles. The Morgan fingerprint density at radius 2 is 1.85 bits per heavy atom. The van der Waals surface area contributed by atoms with E-state index in [4.69, 9.17) is 0 Å². The largest absolute Gasteiger partial charge is 0.308 e. The van der Waals surface area contributed by atoms with Crippen LogP contribution in [0.25, 0.3) is 5.69 Å². The summed E-state index contributed by atoms with van der Waals surface area (Å²) in [5.41, 5.74) is 2.62. The first-order valence-corrected chi connectivity index (χ1v) is 7.21. The van der Waals surface area contributed by atoms with Crippen LogP contribution in [-0.2, 0) is 6.54 Å². The number of para-hydroxylation sites is 1. The van der Waals surface area contributed by atoms with Crippen LogP contribution < -0.4 is 5.32 Å². The van der Waals surface area contributed by atoms with Crippen LogP contribution in [0.4, 0.5) is 0 Å². The van der Waals surface area contributed by atoms with Gasteiger partial charge >= 0.3 is 0 Å². The Morgan fingerprint density at radius 3 is 2.45 bits per heavy atom. The van der Waals surface area contributed by atoms with Crippen LogP contribution in [0, 0.1) is 12.3 Å². The van der Waals surface area contributed by atoms with Gasteiger partial charge in [0, 0.05) is 18.3 Å². The molecule has 1 aromatic heterocycles. The van der Waals surface area contributed by atoms with Crippen molar-refractivity contribution in [2.45, 2.75) is 47.2 Å². The van der Waals surface area contributed by atoms with Crippen LogP contribution in [0.2, 0.25) is 0 Å². The van der Waals surface area contributed by atoms with E-state index in [9.17, 15) is 0 Å². The molecule has 0 amide bonds. The van der Waals surface area contributed by atoms with Crippen molar-refractivity contribution in [3.05, 3.63) is 48.0 Å². The van der Waals surface area contributed by atoms with Crippen molar-refractivity contribution in [1.82, 2.24) is 14.9 Å². The van der Waals surface area contributed by atoms with Gasteiger partial charge in [0.15, 0.2) is 0 Å². The highest BCUT2D eigenvalue weighted by Crippen LogP contribution is 2.20. The molecule has 3 heteroatoms. The van der Waals surface area contributed by atoms with Crippen LogP contribution in [0.1, 0.15) is 39.2 Å². The summed E-state index contributed by atoms with van der Waals surface area (Å²) in [4.78, 5) is 4.46. The van der Waals surface area contributed by atoms with Crippen molar-refractivity contribution in [3.63, 3.8) is 0 Å². The zero-order valence-corrected chi connectivity index (χ0v) is 13.1. The van der Waals surface area contributed by atoms with Gasteiger partial charge in [0.25, 0.3) is 0 Å². The van der Waals surface area contributed by atoms with Gasteiger partial charge in [0.2, 0.25) is 0 Å². The smallest absolute Gasteiger partial charge is 0.110 e. The van der Waals surface area contributed by atoms with Gasteiger partial charge in [0.05, 0.1) is 11.9 Å². The summed E-state index contributed by atoms with van der Waals surface area (Å²) in [7, 11) is 0. The van der Waals surface area contributed by atoms with Gasteiger partial charge in [-0.2, -0.15) is 0 Å². The van der Waals surface area contributed by atoms with Gasteiger partial charge in [-0.25, -0.2) is 4.98 Å². The number of nitrogens with zero attached hydrogens (tertiary/aromatic N) is 2. The van der Waals surface area contributed by atoms with Crippen molar-refractivity contribution >= 4 is 0 Å². The monoisotopic (exact) mass is 271 g/mol. The number of imidazole rings is 1. The second kappa shape index (κ2) is 5.80. The number of benzene rings is 1.